The number of esters is 1. The van der Waals surface area contributed by atoms with Gasteiger partial charge in [0.25, 0.3) is 0 Å². The molecule has 4 aromatic rings. The fourth-order valence-electron chi connectivity index (χ4n) is 6.16. The third kappa shape index (κ3) is 4.39. The molecule has 3 N–H and O–H groups in total. The standard InChI is InChI=1S/C32H31N3O5/c1-19(29(36)39-2)33-30(37)32(16-15-28-25(17-32)24-13-7-8-14-27(24)34-28)35-31(38)40-18-26-22-11-5-3-9-20(22)21-10-4-6-12-23(21)26/h3-14,19,26,34H,15-18H2,1-2H3,(H,33,37)(H,35,38)/t19-,32-/m0/s1. The molecule has 40 heavy (non-hydrogen) atoms. The Labute approximate surface area is 232 Å². The lowest BCUT2D eigenvalue weighted by Crippen LogP contribution is -2.63. The van der Waals surface area contributed by atoms with E-state index < -0.39 is 29.6 Å². The molecule has 8 nitrogen and oxygen atoms in total. The summed E-state index contributed by atoms with van der Waals surface area (Å²) in [6, 6.07) is 23.3. The number of hydrogen-bond donors (Lipinski definition) is 3. The van der Waals surface area contributed by atoms with Crippen molar-refractivity contribution in [3.05, 3.63) is 95.2 Å². The molecule has 1 aromatic heterocycles. The van der Waals surface area contributed by atoms with Gasteiger partial charge in [-0.1, -0.05) is 66.7 Å². The maximum Gasteiger partial charge on any atom is 0.408 e. The average molecular weight is 538 g/mol. The van der Waals surface area contributed by atoms with Gasteiger partial charge in [-0.3, -0.25) is 4.79 Å². The number of carbonyl (C=O) groups excluding carboxylic acids is 3. The number of nitrogens with one attached hydrogen (secondary N) is 3. The number of aryl methyl sites for hydroxylation is 1. The first-order chi connectivity index (χ1) is 19.4. The predicted molar refractivity (Wildman–Crippen MR) is 151 cm³/mol. The van der Waals surface area contributed by atoms with Gasteiger partial charge in [-0.05, 0) is 53.6 Å². The molecule has 6 rings (SSSR count). The topological polar surface area (TPSA) is 110 Å². The lowest BCUT2D eigenvalue weighted by atomic mass is 9.78. The Morgan fingerprint density at radius 2 is 1.62 bits per heavy atom. The largest absolute Gasteiger partial charge is 0.467 e. The van der Waals surface area contributed by atoms with Gasteiger partial charge in [0.15, 0.2) is 0 Å². The van der Waals surface area contributed by atoms with Gasteiger partial charge in [0.1, 0.15) is 18.2 Å². The van der Waals surface area contributed by atoms with Crippen LogP contribution in [0.2, 0.25) is 0 Å². The van der Waals surface area contributed by atoms with E-state index in [4.69, 9.17) is 9.47 Å². The Bertz CT molecular complexity index is 1580. The Kier molecular flexibility index (Phi) is 6.54. The number of fused-ring (bicyclic) bond motifs is 6. The summed E-state index contributed by atoms with van der Waals surface area (Å²) < 4.78 is 10.6. The van der Waals surface area contributed by atoms with E-state index in [0.29, 0.717) is 12.8 Å². The normalized spacial score (nSPS) is 18.2. The van der Waals surface area contributed by atoms with Crippen LogP contribution in [0.4, 0.5) is 4.79 Å². The zero-order valence-electron chi connectivity index (χ0n) is 22.5. The first-order valence-corrected chi connectivity index (χ1v) is 13.5. The maximum absolute atomic E-state index is 13.7. The number of aromatic amines is 1. The van der Waals surface area contributed by atoms with Gasteiger partial charge in [-0.2, -0.15) is 0 Å². The molecule has 0 aliphatic heterocycles. The molecule has 0 radical (unpaired) electrons. The summed E-state index contributed by atoms with van der Waals surface area (Å²) in [4.78, 5) is 42.7. The molecule has 2 aliphatic rings. The second-order valence-electron chi connectivity index (χ2n) is 10.6. The van der Waals surface area contributed by atoms with Crippen LogP contribution in [0.3, 0.4) is 0 Å². The van der Waals surface area contributed by atoms with Crippen molar-refractivity contribution in [2.75, 3.05) is 13.7 Å². The number of H-pyrrole nitrogens is 1. The number of amides is 2. The SMILES string of the molecule is COC(=O)[C@H](C)NC(=O)[C@]1(NC(=O)OCC2c3ccccc3-c3ccccc32)CCc2[nH]c3ccccc3c2C1. The Morgan fingerprint density at radius 3 is 2.33 bits per heavy atom. The van der Waals surface area contributed by atoms with Crippen LogP contribution < -0.4 is 10.6 Å². The highest BCUT2D eigenvalue weighted by Crippen LogP contribution is 2.44. The van der Waals surface area contributed by atoms with Gasteiger partial charge in [0.2, 0.25) is 5.91 Å². The second-order valence-corrected chi connectivity index (χ2v) is 10.6. The molecule has 8 heteroatoms. The quantitative estimate of drug-likeness (QED) is 0.311. The van der Waals surface area contributed by atoms with E-state index in [2.05, 4.69) is 39.9 Å². The van der Waals surface area contributed by atoms with Crippen LogP contribution in [0.15, 0.2) is 72.8 Å². The molecule has 1 heterocycles. The molecule has 0 fully saturated rings. The zero-order chi connectivity index (χ0) is 27.9. The van der Waals surface area contributed by atoms with Crippen molar-refractivity contribution in [3.63, 3.8) is 0 Å². The van der Waals surface area contributed by atoms with Crippen LogP contribution in [0.25, 0.3) is 22.0 Å². The number of rotatable bonds is 6. The Hall–Kier alpha value is -4.59. The van der Waals surface area contributed by atoms with Gasteiger partial charge < -0.3 is 25.1 Å². The van der Waals surface area contributed by atoms with E-state index in [1.165, 1.54) is 7.11 Å². The summed E-state index contributed by atoms with van der Waals surface area (Å²) >= 11 is 0. The van der Waals surface area contributed by atoms with Crippen molar-refractivity contribution in [2.45, 2.75) is 43.7 Å². The molecular formula is C32H31N3O5. The fourth-order valence-corrected chi connectivity index (χ4v) is 6.16. The third-order valence-electron chi connectivity index (χ3n) is 8.20. The summed E-state index contributed by atoms with van der Waals surface area (Å²) in [5.74, 6) is -1.11. The van der Waals surface area contributed by atoms with Crippen molar-refractivity contribution in [2.24, 2.45) is 0 Å². The number of methoxy groups -OCH3 is 1. The average Bonchev–Trinajstić information content (AvgIpc) is 3.50. The molecule has 0 bridgehead atoms. The molecule has 2 amide bonds. The molecule has 0 saturated heterocycles. The van der Waals surface area contributed by atoms with Crippen molar-refractivity contribution in [3.8, 4) is 11.1 Å². The van der Waals surface area contributed by atoms with Crippen LogP contribution in [0, 0.1) is 0 Å². The van der Waals surface area contributed by atoms with Gasteiger partial charge in [0, 0.05) is 28.9 Å². The van der Waals surface area contributed by atoms with Gasteiger partial charge >= 0.3 is 12.1 Å². The highest BCUT2D eigenvalue weighted by Gasteiger charge is 2.45. The van der Waals surface area contributed by atoms with Gasteiger partial charge in [0.05, 0.1) is 7.11 Å². The van der Waals surface area contributed by atoms with Crippen molar-refractivity contribution < 1.29 is 23.9 Å². The number of benzene rings is 3. The minimum Gasteiger partial charge on any atom is -0.467 e. The van der Waals surface area contributed by atoms with Crippen LogP contribution in [-0.2, 0) is 31.9 Å². The van der Waals surface area contributed by atoms with Crippen LogP contribution in [0.5, 0.6) is 0 Å². The molecule has 0 unspecified atom stereocenters. The monoisotopic (exact) mass is 537 g/mol. The third-order valence-corrected chi connectivity index (χ3v) is 8.20. The lowest BCUT2D eigenvalue weighted by Gasteiger charge is -2.37. The first kappa shape index (κ1) is 25.7. The molecule has 0 spiro atoms. The first-order valence-electron chi connectivity index (χ1n) is 13.5. The van der Waals surface area contributed by atoms with E-state index in [9.17, 15) is 14.4 Å². The van der Waals surface area contributed by atoms with Gasteiger partial charge in [-0.25, -0.2) is 9.59 Å². The number of alkyl carbamates (subject to hydrolysis) is 1. The summed E-state index contributed by atoms with van der Waals surface area (Å²) in [6.07, 6.45) is 0.479. The minimum atomic E-state index is -1.30. The summed E-state index contributed by atoms with van der Waals surface area (Å²) in [5.41, 5.74) is 6.18. The Balaban J connectivity index is 1.26. The minimum absolute atomic E-state index is 0.103. The van der Waals surface area contributed by atoms with E-state index in [0.717, 1.165) is 44.4 Å². The van der Waals surface area contributed by atoms with Crippen molar-refractivity contribution in [1.82, 2.24) is 15.6 Å². The highest BCUT2D eigenvalue weighted by molar-refractivity contribution is 5.95. The molecule has 204 valence electrons. The van der Waals surface area contributed by atoms with E-state index in [1.54, 1.807) is 6.92 Å². The molecule has 2 aliphatic carbocycles. The van der Waals surface area contributed by atoms with E-state index in [-0.39, 0.29) is 18.9 Å². The summed E-state index contributed by atoms with van der Waals surface area (Å²) in [6.45, 7) is 1.69. The van der Waals surface area contributed by atoms with Gasteiger partial charge in [-0.15, -0.1) is 0 Å². The molecular weight excluding hydrogens is 506 g/mol. The smallest absolute Gasteiger partial charge is 0.408 e. The lowest BCUT2D eigenvalue weighted by molar-refractivity contribution is -0.145. The molecule has 0 saturated carbocycles. The summed E-state index contributed by atoms with van der Waals surface area (Å²) in [5, 5.41) is 6.67. The van der Waals surface area contributed by atoms with E-state index >= 15 is 0 Å². The van der Waals surface area contributed by atoms with E-state index in [1.807, 2.05) is 48.5 Å². The number of aromatic nitrogens is 1. The predicted octanol–water partition coefficient (Wildman–Crippen LogP) is 4.61. The van der Waals surface area contributed by atoms with Crippen LogP contribution in [0.1, 0.15) is 41.6 Å². The summed E-state index contributed by atoms with van der Waals surface area (Å²) in [7, 11) is 1.27. The number of ether oxygens (including phenoxy) is 2. The maximum atomic E-state index is 13.7. The van der Waals surface area contributed by atoms with Crippen LogP contribution >= 0.6 is 0 Å². The highest BCUT2D eigenvalue weighted by atomic mass is 16.5. The number of para-hydroxylation sites is 1. The molecule has 3 aromatic carbocycles. The van der Waals surface area contributed by atoms with Crippen molar-refractivity contribution in [1.29, 1.82) is 0 Å². The Morgan fingerprint density at radius 1 is 0.975 bits per heavy atom. The second kappa shape index (κ2) is 10.2. The zero-order valence-corrected chi connectivity index (χ0v) is 22.5. The number of carbonyl (C=O) groups is 3. The fraction of sp³-hybridized carbons (Fsp3) is 0.281. The van der Waals surface area contributed by atoms with Crippen LogP contribution in [-0.4, -0.2) is 48.3 Å². The molecule has 2 atom stereocenters. The van der Waals surface area contributed by atoms with Crippen molar-refractivity contribution >= 4 is 28.9 Å². The number of hydrogen-bond acceptors (Lipinski definition) is 5.